The number of aliphatic hydroxyl groups is 1. The summed E-state index contributed by atoms with van der Waals surface area (Å²) in [6, 6.07) is 19.1. The van der Waals surface area contributed by atoms with Crippen molar-refractivity contribution in [2.24, 2.45) is 0 Å². The van der Waals surface area contributed by atoms with Crippen molar-refractivity contribution in [3.63, 3.8) is 0 Å². The van der Waals surface area contributed by atoms with Gasteiger partial charge in [-0.15, -0.1) is 0 Å². The smallest absolute Gasteiger partial charge is 0.489 e. The Balaban J connectivity index is 0.00000441. The van der Waals surface area contributed by atoms with E-state index in [4.69, 9.17) is 19.1 Å². The van der Waals surface area contributed by atoms with Gasteiger partial charge in [0.1, 0.15) is 18.1 Å². The Hall–Kier alpha value is -2.93. The van der Waals surface area contributed by atoms with Gasteiger partial charge in [0.25, 0.3) is 5.91 Å². The summed E-state index contributed by atoms with van der Waals surface area (Å²) < 4.78 is 17.3. The first-order valence-electron chi connectivity index (χ1n) is 12.4. The number of carbonyl (C=O) groups excluding carboxylic acids is 1. The number of aliphatic hydroxyl groups excluding tert-OH is 1. The van der Waals surface area contributed by atoms with Crippen LogP contribution >= 0.6 is 0 Å². The van der Waals surface area contributed by atoms with Crippen molar-refractivity contribution in [3.05, 3.63) is 104 Å². The van der Waals surface area contributed by atoms with E-state index in [-0.39, 0.29) is 83.6 Å². The van der Waals surface area contributed by atoms with Crippen molar-refractivity contribution >= 4 is 5.91 Å². The van der Waals surface area contributed by atoms with Crippen LogP contribution in [0.5, 0.6) is 11.5 Å². The Morgan fingerprint density at radius 2 is 1.68 bits per heavy atom. The van der Waals surface area contributed by atoms with Gasteiger partial charge in [0.2, 0.25) is 0 Å². The molecular weight excluding hydrogens is 541 g/mol. The van der Waals surface area contributed by atoms with E-state index in [9.17, 15) is 14.4 Å². The topological polar surface area (TPSA) is 125 Å². The second-order valence-electron chi connectivity index (χ2n) is 9.18. The van der Waals surface area contributed by atoms with E-state index in [0.29, 0.717) is 18.1 Å². The van der Waals surface area contributed by atoms with Gasteiger partial charge in [-0.2, -0.15) is 0 Å². The molecule has 0 unspecified atom stereocenters. The third-order valence-electron chi connectivity index (χ3n) is 6.19. The van der Waals surface area contributed by atoms with E-state index in [1.165, 1.54) is 4.90 Å². The molecular formula is C29H30KN3O7. The summed E-state index contributed by atoms with van der Waals surface area (Å²) in [5.41, 5.74) is 5.20. The zero-order valence-electron chi connectivity index (χ0n) is 23.0. The van der Waals surface area contributed by atoms with E-state index in [1.54, 1.807) is 31.3 Å². The standard InChI is InChI=1S/C29H31N3O7.K/c1-19-13-25(38-18-26(34)31(3)11-12-33)14-20(2)27(19)23-6-4-5-22(15-23)17-37-24-9-7-21(8-10-24)16-32-28(35)30-29(36)39-32;/h4-10,13-15,33H,11-12,16-18H2,1-3H3,(H,30,35,36);/q;+1/p-1. The molecule has 4 aromatic rings. The average Bonchev–Trinajstić information content (AvgIpc) is 3.22. The Morgan fingerprint density at radius 1 is 0.975 bits per heavy atom. The summed E-state index contributed by atoms with van der Waals surface area (Å²) in [5, 5.41) is 8.99. The fraction of sp³-hybridized carbons (Fsp3) is 0.276. The van der Waals surface area contributed by atoms with Crippen LogP contribution in [0.15, 0.2) is 74.8 Å². The number of carbonyl (C=O) groups is 1. The van der Waals surface area contributed by atoms with Gasteiger partial charge in [-0.3, -0.25) is 14.3 Å². The molecule has 10 nitrogen and oxygen atoms in total. The molecule has 0 atom stereocenters. The molecule has 1 N–H and O–H groups in total. The summed E-state index contributed by atoms with van der Waals surface area (Å²) in [7, 11) is 1.63. The summed E-state index contributed by atoms with van der Waals surface area (Å²) in [6.07, 6.45) is 0. The van der Waals surface area contributed by atoms with Crippen molar-refractivity contribution in [1.29, 1.82) is 0 Å². The molecule has 0 aliphatic carbocycles. The van der Waals surface area contributed by atoms with Crippen molar-refractivity contribution in [2.75, 3.05) is 26.8 Å². The van der Waals surface area contributed by atoms with E-state index in [0.717, 1.165) is 38.1 Å². The van der Waals surface area contributed by atoms with E-state index < -0.39 is 11.4 Å². The molecule has 11 heteroatoms. The molecule has 0 saturated carbocycles. The zero-order chi connectivity index (χ0) is 27.9. The number of nitrogens with zero attached hydrogens (tertiary/aromatic N) is 3. The summed E-state index contributed by atoms with van der Waals surface area (Å²) in [5.74, 6) is 0.163. The quantitative estimate of drug-likeness (QED) is 0.239. The van der Waals surface area contributed by atoms with Gasteiger partial charge in [-0.1, -0.05) is 30.3 Å². The van der Waals surface area contributed by atoms with Gasteiger partial charge >= 0.3 is 57.1 Å². The molecule has 3 aromatic carbocycles. The largest absolute Gasteiger partial charge is 1.00 e. The second-order valence-corrected chi connectivity index (χ2v) is 9.18. The van der Waals surface area contributed by atoms with Gasteiger partial charge in [0, 0.05) is 20.1 Å². The third kappa shape index (κ3) is 8.29. The maximum absolute atomic E-state index is 12.1. The van der Waals surface area contributed by atoms with Crippen LogP contribution in [0.3, 0.4) is 0 Å². The van der Waals surface area contributed by atoms with Crippen LogP contribution in [0.2, 0.25) is 0 Å². The predicted molar refractivity (Wildman–Crippen MR) is 144 cm³/mol. The van der Waals surface area contributed by atoms with Gasteiger partial charge in [0.05, 0.1) is 6.61 Å². The molecule has 0 aliphatic heterocycles. The molecule has 0 fully saturated rings. The number of ether oxygens (including phenoxy) is 2. The number of aryl methyl sites for hydroxylation is 2. The normalized spacial score (nSPS) is 10.6. The molecule has 1 heterocycles. The molecule has 0 saturated heterocycles. The van der Waals surface area contributed by atoms with Crippen molar-refractivity contribution in [2.45, 2.75) is 27.0 Å². The number of likely N-dealkylation sites (N-methyl/N-ethyl adjacent to an activating group) is 1. The number of amides is 1. The molecule has 1 amide bonds. The molecule has 204 valence electrons. The van der Waals surface area contributed by atoms with Gasteiger partial charge in [-0.25, -0.2) is 4.79 Å². The number of benzene rings is 3. The Kier molecular flexibility index (Phi) is 11.6. The third-order valence-corrected chi connectivity index (χ3v) is 6.19. The van der Waals surface area contributed by atoms with Crippen LogP contribution in [0.25, 0.3) is 11.1 Å². The van der Waals surface area contributed by atoms with E-state index in [1.807, 2.05) is 44.2 Å². The number of hydrogen-bond donors (Lipinski definition) is 1. The van der Waals surface area contributed by atoms with Gasteiger partial charge in [0.15, 0.2) is 12.3 Å². The Bertz CT molecular complexity index is 1530. The van der Waals surface area contributed by atoms with Gasteiger partial charge in [-0.05, 0) is 77.6 Å². The molecule has 1 aromatic heterocycles. The summed E-state index contributed by atoms with van der Waals surface area (Å²) in [6.45, 7) is 4.55. The Labute approximate surface area is 273 Å². The maximum Gasteiger partial charge on any atom is 1.00 e. The Morgan fingerprint density at radius 3 is 2.30 bits per heavy atom. The molecule has 4 rings (SSSR count). The van der Waals surface area contributed by atoms with E-state index >= 15 is 0 Å². The number of rotatable bonds is 11. The van der Waals surface area contributed by atoms with Crippen molar-refractivity contribution in [3.8, 4) is 22.6 Å². The maximum atomic E-state index is 12.1. The van der Waals surface area contributed by atoms with Crippen LogP contribution in [-0.4, -0.2) is 47.5 Å². The summed E-state index contributed by atoms with van der Waals surface area (Å²) >= 11 is 0. The van der Waals surface area contributed by atoms with Crippen molar-refractivity contribution < 1.29 is 75.3 Å². The fourth-order valence-electron chi connectivity index (χ4n) is 4.22. The minimum absolute atomic E-state index is 0. The van der Waals surface area contributed by atoms with E-state index in [2.05, 4.69) is 11.1 Å². The van der Waals surface area contributed by atoms with Crippen LogP contribution in [0.4, 0.5) is 0 Å². The van der Waals surface area contributed by atoms with Crippen LogP contribution in [0, 0.1) is 13.8 Å². The second kappa shape index (κ2) is 14.6. The number of hydrogen-bond acceptors (Lipinski definition) is 7. The monoisotopic (exact) mass is 571 g/mol. The molecule has 40 heavy (non-hydrogen) atoms. The molecule has 0 bridgehead atoms. The van der Waals surface area contributed by atoms with Crippen LogP contribution < -0.4 is 77.3 Å². The minimum Gasteiger partial charge on any atom is -0.489 e. The molecule has 0 spiro atoms. The predicted octanol–water partition coefficient (Wildman–Crippen LogP) is -0.497. The van der Waals surface area contributed by atoms with Crippen LogP contribution in [-0.2, 0) is 17.9 Å². The van der Waals surface area contributed by atoms with Gasteiger partial charge < -0.3 is 29.0 Å². The first-order chi connectivity index (χ1) is 18.7. The fourth-order valence-corrected chi connectivity index (χ4v) is 4.22. The molecule has 0 aliphatic rings. The first-order valence-corrected chi connectivity index (χ1v) is 12.4. The number of aromatic nitrogens is 2. The minimum atomic E-state index is -0.910. The zero-order valence-corrected chi connectivity index (χ0v) is 26.2. The van der Waals surface area contributed by atoms with Crippen molar-refractivity contribution in [1.82, 2.24) is 14.6 Å². The summed E-state index contributed by atoms with van der Waals surface area (Å²) in [4.78, 5) is 39.4. The SMILES string of the molecule is Cc1cc(OCC(=O)N(C)CCO)cc(C)c1-c1cccc(COc2ccc(Cn3oc(=O)[n-]c3=O)cc2)c1.[K+]. The van der Waals surface area contributed by atoms with Crippen LogP contribution in [0.1, 0.15) is 22.3 Å². The average molecular weight is 572 g/mol. The molecule has 0 radical (unpaired) electrons. The first kappa shape index (κ1) is 31.6.